The minimum Gasteiger partial charge on any atom is -0.451 e. The Balaban J connectivity index is 1.45. The number of hydrogen-bond donors (Lipinski definition) is 2. The van der Waals surface area contributed by atoms with E-state index in [0.717, 1.165) is 21.5 Å². The zero-order valence-electron chi connectivity index (χ0n) is 14.1. The number of fused-ring (bicyclic) bond motifs is 1. The Bertz CT molecular complexity index is 913. The quantitative estimate of drug-likeness (QED) is 0.665. The number of hydrogen-bond acceptors (Lipinski definition) is 5. The van der Waals surface area contributed by atoms with Crippen LogP contribution in [0.15, 0.2) is 30.5 Å². The highest BCUT2D eigenvalue weighted by molar-refractivity contribution is 7.13. The summed E-state index contributed by atoms with van der Waals surface area (Å²) in [4.78, 5) is 31.6. The van der Waals surface area contributed by atoms with Crippen molar-refractivity contribution in [1.29, 1.82) is 0 Å². The molecule has 6 nitrogen and oxygen atoms in total. The number of aromatic amines is 1. The summed E-state index contributed by atoms with van der Waals surface area (Å²) in [5.41, 5.74) is 2.85. The molecule has 2 heterocycles. The van der Waals surface area contributed by atoms with E-state index >= 15 is 0 Å². The van der Waals surface area contributed by atoms with E-state index in [4.69, 9.17) is 4.74 Å². The van der Waals surface area contributed by atoms with E-state index in [2.05, 4.69) is 15.3 Å². The van der Waals surface area contributed by atoms with Crippen LogP contribution in [0.3, 0.4) is 0 Å². The van der Waals surface area contributed by atoms with Gasteiger partial charge >= 0.3 is 5.97 Å². The largest absolute Gasteiger partial charge is 0.451 e. The number of amides is 1. The van der Waals surface area contributed by atoms with Crippen molar-refractivity contribution in [2.75, 3.05) is 13.2 Å². The summed E-state index contributed by atoms with van der Waals surface area (Å²) >= 11 is 1.27. The summed E-state index contributed by atoms with van der Waals surface area (Å²) in [6.07, 6.45) is 2.66. The lowest BCUT2D eigenvalue weighted by Gasteiger charge is -2.06. The molecular formula is C18H19N3O3S. The van der Waals surface area contributed by atoms with Crippen molar-refractivity contribution in [2.45, 2.75) is 20.3 Å². The highest BCUT2D eigenvalue weighted by Gasteiger charge is 2.16. The number of esters is 1. The van der Waals surface area contributed by atoms with Gasteiger partial charge in [-0.1, -0.05) is 18.2 Å². The number of benzene rings is 1. The molecule has 3 aromatic rings. The van der Waals surface area contributed by atoms with E-state index in [-0.39, 0.29) is 12.5 Å². The monoisotopic (exact) mass is 357 g/mol. The molecule has 25 heavy (non-hydrogen) atoms. The van der Waals surface area contributed by atoms with E-state index in [1.165, 1.54) is 11.3 Å². The van der Waals surface area contributed by atoms with Crippen LogP contribution in [0.1, 0.15) is 25.9 Å². The molecule has 0 aliphatic heterocycles. The Hall–Kier alpha value is -2.67. The molecule has 7 heteroatoms. The Morgan fingerprint density at radius 1 is 1.28 bits per heavy atom. The van der Waals surface area contributed by atoms with Crippen molar-refractivity contribution < 1.29 is 14.3 Å². The summed E-state index contributed by atoms with van der Waals surface area (Å²) < 4.78 is 5.06. The SMILES string of the molecule is Cc1nc(C)c(C(=O)OCC(=O)NCCc2c[nH]c3ccccc23)s1. The van der Waals surface area contributed by atoms with Gasteiger partial charge in [0.15, 0.2) is 6.61 Å². The maximum absolute atomic E-state index is 12.0. The molecule has 2 N–H and O–H groups in total. The first-order chi connectivity index (χ1) is 12.0. The minimum atomic E-state index is -0.505. The van der Waals surface area contributed by atoms with Crippen molar-refractivity contribution in [3.8, 4) is 0 Å². The number of para-hydroxylation sites is 1. The lowest BCUT2D eigenvalue weighted by Crippen LogP contribution is -2.30. The molecule has 0 saturated heterocycles. The average molecular weight is 357 g/mol. The van der Waals surface area contributed by atoms with Gasteiger partial charge in [0.05, 0.1) is 10.7 Å². The van der Waals surface area contributed by atoms with Crippen molar-refractivity contribution in [1.82, 2.24) is 15.3 Å². The zero-order chi connectivity index (χ0) is 17.8. The molecule has 0 radical (unpaired) electrons. The summed E-state index contributed by atoms with van der Waals surface area (Å²) in [6.45, 7) is 3.77. The topological polar surface area (TPSA) is 84.1 Å². The number of thiazole rings is 1. The Morgan fingerprint density at radius 2 is 2.08 bits per heavy atom. The number of aromatic nitrogens is 2. The smallest absolute Gasteiger partial charge is 0.350 e. The average Bonchev–Trinajstić information content (AvgIpc) is 3.16. The summed E-state index contributed by atoms with van der Waals surface area (Å²) in [6, 6.07) is 8.02. The number of carbonyl (C=O) groups excluding carboxylic acids is 2. The first kappa shape index (κ1) is 17.2. The maximum Gasteiger partial charge on any atom is 0.350 e. The van der Waals surface area contributed by atoms with Crippen LogP contribution in [0, 0.1) is 13.8 Å². The molecule has 0 bridgehead atoms. The van der Waals surface area contributed by atoms with Gasteiger partial charge in [-0.2, -0.15) is 0 Å². The van der Waals surface area contributed by atoms with Gasteiger partial charge in [0.1, 0.15) is 4.88 Å². The first-order valence-electron chi connectivity index (χ1n) is 7.97. The molecule has 1 aromatic carbocycles. The highest BCUT2D eigenvalue weighted by atomic mass is 32.1. The Kier molecular flexibility index (Phi) is 5.14. The summed E-state index contributed by atoms with van der Waals surface area (Å²) in [5.74, 6) is -0.818. The third kappa shape index (κ3) is 4.06. The lowest BCUT2D eigenvalue weighted by atomic mass is 10.1. The van der Waals surface area contributed by atoms with Crippen LogP contribution in [0.4, 0.5) is 0 Å². The van der Waals surface area contributed by atoms with Gasteiger partial charge in [-0.05, 0) is 31.9 Å². The fourth-order valence-corrected chi connectivity index (χ4v) is 3.46. The highest BCUT2D eigenvalue weighted by Crippen LogP contribution is 2.18. The van der Waals surface area contributed by atoms with E-state index in [0.29, 0.717) is 23.5 Å². The predicted molar refractivity (Wildman–Crippen MR) is 96.9 cm³/mol. The molecule has 3 rings (SSSR count). The van der Waals surface area contributed by atoms with Crippen molar-refractivity contribution >= 4 is 34.1 Å². The number of nitrogens with one attached hydrogen (secondary N) is 2. The second-order valence-electron chi connectivity index (χ2n) is 5.68. The third-order valence-electron chi connectivity index (χ3n) is 3.81. The number of H-pyrrole nitrogens is 1. The fourth-order valence-electron chi connectivity index (χ4n) is 2.64. The second kappa shape index (κ2) is 7.48. The van der Waals surface area contributed by atoms with Gasteiger partial charge in [0, 0.05) is 23.6 Å². The van der Waals surface area contributed by atoms with Crippen LogP contribution in [-0.2, 0) is 16.0 Å². The van der Waals surface area contributed by atoms with Crippen LogP contribution in [0.25, 0.3) is 10.9 Å². The molecule has 0 aliphatic carbocycles. The van der Waals surface area contributed by atoms with E-state index in [1.54, 1.807) is 6.92 Å². The van der Waals surface area contributed by atoms with Crippen molar-refractivity contribution in [3.05, 3.63) is 51.6 Å². The molecule has 0 fully saturated rings. The normalized spacial score (nSPS) is 10.8. The lowest BCUT2D eigenvalue weighted by molar-refractivity contribution is -0.124. The minimum absolute atomic E-state index is 0.289. The second-order valence-corrected chi connectivity index (χ2v) is 6.89. The van der Waals surface area contributed by atoms with Gasteiger partial charge in [-0.3, -0.25) is 4.79 Å². The number of aryl methyl sites for hydroxylation is 2. The van der Waals surface area contributed by atoms with Gasteiger partial charge < -0.3 is 15.0 Å². The van der Waals surface area contributed by atoms with E-state index in [1.807, 2.05) is 37.4 Å². The molecule has 0 aliphatic rings. The zero-order valence-corrected chi connectivity index (χ0v) is 14.9. The number of nitrogens with zero attached hydrogens (tertiary/aromatic N) is 1. The molecule has 130 valence electrons. The predicted octanol–water partition coefficient (Wildman–Crippen LogP) is 2.76. The standard InChI is InChI=1S/C18H19N3O3S/c1-11-17(25-12(2)21-11)18(23)24-10-16(22)19-8-7-13-9-20-15-6-4-3-5-14(13)15/h3-6,9,20H,7-8,10H2,1-2H3,(H,19,22). The Morgan fingerprint density at radius 3 is 2.84 bits per heavy atom. The molecule has 0 unspecified atom stereocenters. The molecule has 0 spiro atoms. The third-order valence-corrected chi connectivity index (χ3v) is 4.87. The van der Waals surface area contributed by atoms with Gasteiger partial charge in [0.2, 0.25) is 0 Å². The summed E-state index contributed by atoms with van der Waals surface area (Å²) in [5, 5.41) is 4.72. The molecule has 2 aromatic heterocycles. The maximum atomic E-state index is 12.0. The van der Waals surface area contributed by atoms with Crippen LogP contribution < -0.4 is 5.32 Å². The van der Waals surface area contributed by atoms with Crippen LogP contribution in [0.5, 0.6) is 0 Å². The van der Waals surface area contributed by atoms with Crippen LogP contribution in [0.2, 0.25) is 0 Å². The number of rotatable bonds is 6. The molecule has 0 saturated carbocycles. The van der Waals surface area contributed by atoms with Gasteiger partial charge in [-0.25, -0.2) is 9.78 Å². The summed E-state index contributed by atoms with van der Waals surface area (Å²) in [7, 11) is 0. The Labute approximate surface area is 149 Å². The van der Waals surface area contributed by atoms with Crippen molar-refractivity contribution in [3.63, 3.8) is 0 Å². The number of carbonyl (C=O) groups is 2. The molecular weight excluding hydrogens is 338 g/mol. The first-order valence-corrected chi connectivity index (χ1v) is 8.79. The van der Waals surface area contributed by atoms with Crippen LogP contribution >= 0.6 is 11.3 Å². The van der Waals surface area contributed by atoms with Crippen LogP contribution in [-0.4, -0.2) is 35.0 Å². The van der Waals surface area contributed by atoms with Gasteiger partial charge in [-0.15, -0.1) is 11.3 Å². The van der Waals surface area contributed by atoms with Crippen molar-refractivity contribution in [2.24, 2.45) is 0 Å². The van der Waals surface area contributed by atoms with E-state index in [9.17, 15) is 9.59 Å². The fraction of sp³-hybridized carbons (Fsp3) is 0.278. The van der Waals surface area contributed by atoms with Gasteiger partial charge in [0.25, 0.3) is 5.91 Å². The molecule has 1 amide bonds. The number of ether oxygens (including phenoxy) is 1. The van der Waals surface area contributed by atoms with E-state index < -0.39 is 5.97 Å². The molecule has 0 atom stereocenters.